The van der Waals surface area contributed by atoms with E-state index in [1.807, 2.05) is 36.4 Å². The Morgan fingerprint density at radius 3 is 2.41 bits per heavy atom. The predicted octanol–water partition coefficient (Wildman–Crippen LogP) is 8.33. The largest absolute Gasteiger partial charge is 0.489 e. The summed E-state index contributed by atoms with van der Waals surface area (Å²) in [5.74, 6) is 1.50. The minimum Gasteiger partial charge on any atom is -0.489 e. The zero-order chi connectivity index (χ0) is 29.6. The minimum atomic E-state index is -4.00. The van der Waals surface area contributed by atoms with E-state index in [9.17, 15) is 8.42 Å². The number of hydrogen-bond acceptors (Lipinski definition) is 6. The lowest BCUT2D eigenvalue weighted by atomic mass is 10.0. The molecule has 0 spiro atoms. The zero-order valence-electron chi connectivity index (χ0n) is 22.7. The molecule has 6 rings (SSSR count). The Hall–Kier alpha value is -2.75. The first-order valence-electron chi connectivity index (χ1n) is 13.8. The van der Waals surface area contributed by atoms with Crippen LogP contribution in [0.4, 0.5) is 5.69 Å². The molecular formula is C30H27Cl3N2O5S. The Morgan fingerprint density at radius 1 is 1.02 bits per heavy atom. The average Bonchev–Trinajstić information content (AvgIpc) is 3.86. The fourth-order valence-electron chi connectivity index (χ4n) is 5.06. The zero-order valence-corrected chi connectivity index (χ0v) is 24.8. The molecule has 0 saturated heterocycles. The van der Waals surface area contributed by atoms with Crippen LogP contribution in [0.5, 0.6) is 5.75 Å². The van der Waals surface area contributed by atoms with E-state index in [1.165, 1.54) is 0 Å². The fourth-order valence-corrected chi connectivity index (χ4v) is 6.30. The summed E-state index contributed by atoms with van der Waals surface area (Å²) in [6.07, 6.45) is 2.87. The smallest absolute Gasteiger partial charge is 0.266 e. The molecular weight excluding hydrogens is 607 g/mol. The molecule has 1 aromatic heterocycles. The summed E-state index contributed by atoms with van der Waals surface area (Å²) in [5, 5.41) is 8.65. The van der Waals surface area contributed by atoms with Crippen LogP contribution in [-0.2, 0) is 16.7 Å². The van der Waals surface area contributed by atoms with Crippen molar-refractivity contribution in [1.29, 1.82) is 0 Å². The van der Waals surface area contributed by atoms with E-state index >= 15 is 0 Å². The van der Waals surface area contributed by atoms with Crippen molar-refractivity contribution >= 4 is 50.6 Å². The summed E-state index contributed by atoms with van der Waals surface area (Å²) in [4.78, 5) is 0. The number of nitrogens with one attached hydrogen (secondary N) is 1. The predicted molar refractivity (Wildman–Crippen MR) is 161 cm³/mol. The maximum absolute atomic E-state index is 10.9. The quantitative estimate of drug-likeness (QED) is 0.160. The van der Waals surface area contributed by atoms with Crippen molar-refractivity contribution in [2.24, 2.45) is 0 Å². The first-order chi connectivity index (χ1) is 20.1. The molecule has 11 heteroatoms. The van der Waals surface area contributed by atoms with Gasteiger partial charge in [0.1, 0.15) is 23.8 Å². The molecule has 2 saturated carbocycles. The van der Waals surface area contributed by atoms with Gasteiger partial charge in [0.2, 0.25) is 0 Å². The summed E-state index contributed by atoms with van der Waals surface area (Å²) in [6, 6.07) is 18.5. The Bertz CT molecular complexity index is 1710. The second-order valence-electron chi connectivity index (χ2n) is 10.4. The summed E-state index contributed by atoms with van der Waals surface area (Å²) in [7, 11) is -4.00. The van der Waals surface area contributed by atoms with E-state index in [0.29, 0.717) is 49.3 Å². The molecule has 214 valence electrons. The van der Waals surface area contributed by atoms with Gasteiger partial charge in [0, 0.05) is 28.7 Å². The number of hydrogen-bond donors (Lipinski definition) is 2. The maximum Gasteiger partial charge on any atom is 0.266 e. The van der Waals surface area contributed by atoms with Crippen molar-refractivity contribution in [2.75, 3.05) is 17.6 Å². The van der Waals surface area contributed by atoms with Crippen molar-refractivity contribution < 1.29 is 23.6 Å². The van der Waals surface area contributed by atoms with Gasteiger partial charge in [-0.3, -0.25) is 4.55 Å². The summed E-state index contributed by atoms with van der Waals surface area (Å²) in [6.45, 7) is -1.00. The Morgan fingerprint density at radius 2 is 1.76 bits per heavy atom. The van der Waals surface area contributed by atoms with Crippen LogP contribution >= 0.6 is 34.8 Å². The van der Waals surface area contributed by atoms with Crippen molar-refractivity contribution in [3.63, 3.8) is 0 Å². The van der Waals surface area contributed by atoms with Crippen LogP contribution in [0.1, 0.15) is 60.8 Å². The number of aromatic nitrogens is 1. The van der Waals surface area contributed by atoms with Crippen LogP contribution in [0, 0.1) is 0 Å². The molecule has 0 amide bonds. The highest BCUT2D eigenvalue weighted by Gasteiger charge is 2.40. The number of anilines is 1. The first-order valence-corrected chi connectivity index (χ1v) is 15.9. The number of ether oxygens (including phenoxy) is 1. The number of halogens is 3. The van der Waals surface area contributed by atoms with Gasteiger partial charge in [-0.1, -0.05) is 64.2 Å². The topological polar surface area (TPSA) is 102 Å². The number of benzene rings is 3. The highest BCUT2D eigenvalue weighted by molar-refractivity contribution is 7.85. The third-order valence-corrected chi connectivity index (χ3v) is 9.08. The third kappa shape index (κ3) is 6.52. The van der Waals surface area contributed by atoms with Gasteiger partial charge in [-0.25, -0.2) is 0 Å². The SMILES string of the molecule is [2H]C(Oc1ccc(C2CC2c2ccc(NCCS(=O)(=O)O)cc2)c(Cl)c1)c1c(-c2c(Cl)cccc2Cl)noc1C1CC1. The molecule has 2 aliphatic rings. The van der Waals surface area contributed by atoms with Gasteiger partial charge in [-0.2, -0.15) is 8.42 Å². The second kappa shape index (κ2) is 11.5. The van der Waals surface area contributed by atoms with Crippen molar-refractivity contribution in [1.82, 2.24) is 5.16 Å². The molecule has 3 atom stereocenters. The molecule has 0 aliphatic heterocycles. The van der Waals surface area contributed by atoms with Crippen LogP contribution < -0.4 is 10.1 Å². The molecule has 7 nitrogen and oxygen atoms in total. The number of rotatable bonds is 11. The monoisotopic (exact) mass is 633 g/mol. The molecule has 41 heavy (non-hydrogen) atoms. The lowest BCUT2D eigenvalue weighted by Crippen LogP contribution is -2.14. The molecule has 2 fully saturated rings. The maximum atomic E-state index is 10.9. The Balaban J connectivity index is 1.15. The summed E-state index contributed by atoms with van der Waals surface area (Å²) in [5.41, 5.74) is 4.40. The lowest BCUT2D eigenvalue weighted by Gasteiger charge is -2.11. The van der Waals surface area contributed by atoms with Gasteiger partial charge in [0.05, 0.1) is 22.7 Å². The summed E-state index contributed by atoms with van der Waals surface area (Å²) >= 11 is 19.6. The highest BCUT2D eigenvalue weighted by Crippen LogP contribution is 2.56. The van der Waals surface area contributed by atoms with Crippen molar-refractivity contribution in [3.8, 4) is 17.0 Å². The molecule has 2 aliphatic carbocycles. The van der Waals surface area contributed by atoms with E-state index in [0.717, 1.165) is 36.1 Å². The van der Waals surface area contributed by atoms with Gasteiger partial charge >= 0.3 is 0 Å². The van der Waals surface area contributed by atoms with Crippen molar-refractivity contribution in [2.45, 2.75) is 43.6 Å². The minimum absolute atomic E-state index is 0.126. The van der Waals surface area contributed by atoms with Crippen LogP contribution in [0.25, 0.3) is 11.3 Å². The van der Waals surface area contributed by atoms with Crippen LogP contribution in [0.2, 0.25) is 15.1 Å². The number of nitrogens with zero attached hydrogens (tertiary/aromatic N) is 1. The van der Waals surface area contributed by atoms with Crippen molar-refractivity contribution in [3.05, 3.63) is 98.2 Å². The standard InChI is InChI=1S/C30H27Cl3N2O5S/c31-25-2-1-3-26(32)28(25)29-24(30(40-35-29)18-4-5-18)16-39-20-10-11-21(27(33)14-20)23-15-22(23)17-6-8-19(9-7-17)34-12-13-41(36,37)38/h1-3,6-11,14,18,22-23,34H,4-5,12-13,15-16H2,(H,36,37,38)/i16D. The molecule has 1 heterocycles. The fraction of sp³-hybridized carbons (Fsp3) is 0.300. The highest BCUT2D eigenvalue weighted by atomic mass is 35.5. The van der Waals surface area contributed by atoms with E-state index in [4.69, 9.17) is 50.0 Å². The average molecular weight is 635 g/mol. The molecule has 4 aromatic rings. The molecule has 0 radical (unpaired) electrons. The lowest BCUT2D eigenvalue weighted by molar-refractivity contribution is 0.300. The van der Waals surface area contributed by atoms with Gasteiger partial charge in [-0.15, -0.1) is 0 Å². The van der Waals surface area contributed by atoms with E-state index in [2.05, 4.69) is 10.5 Å². The molecule has 3 aromatic carbocycles. The van der Waals surface area contributed by atoms with E-state index in [1.54, 1.807) is 24.3 Å². The second-order valence-corrected chi connectivity index (χ2v) is 13.2. The van der Waals surface area contributed by atoms with E-state index < -0.39 is 16.7 Å². The summed E-state index contributed by atoms with van der Waals surface area (Å²) < 4.78 is 51.4. The van der Waals surface area contributed by atoms with Gasteiger partial charge < -0.3 is 14.6 Å². The van der Waals surface area contributed by atoms with E-state index in [-0.39, 0.29) is 24.1 Å². The Labute approximate surface area is 254 Å². The Kier molecular flexibility index (Phi) is 7.60. The van der Waals surface area contributed by atoms with Gasteiger partial charge in [0.25, 0.3) is 10.1 Å². The van der Waals surface area contributed by atoms with Crippen LogP contribution in [0.15, 0.2) is 65.2 Å². The molecule has 3 unspecified atom stereocenters. The molecule has 2 N–H and O–H groups in total. The van der Waals surface area contributed by atoms with Crippen LogP contribution in [0.3, 0.4) is 0 Å². The molecule has 0 bridgehead atoms. The van der Waals surface area contributed by atoms with Gasteiger partial charge in [0.15, 0.2) is 0 Å². The van der Waals surface area contributed by atoms with Crippen LogP contribution in [-0.4, -0.2) is 30.4 Å². The normalized spacial score (nSPS) is 19.5. The first kappa shape index (κ1) is 27.1. The third-order valence-electron chi connectivity index (χ3n) is 7.41. The van der Waals surface area contributed by atoms with Gasteiger partial charge in [-0.05, 0) is 78.6 Å².